The molecule has 3 rings (SSSR count). The van der Waals surface area contributed by atoms with Crippen LogP contribution in [0.3, 0.4) is 0 Å². The van der Waals surface area contributed by atoms with Crippen molar-refractivity contribution in [2.75, 3.05) is 6.61 Å². The summed E-state index contributed by atoms with van der Waals surface area (Å²) in [5.41, 5.74) is 4.27. The molecule has 0 saturated carbocycles. The van der Waals surface area contributed by atoms with E-state index in [9.17, 15) is 4.79 Å². The molecule has 0 bridgehead atoms. The van der Waals surface area contributed by atoms with Crippen LogP contribution in [-0.4, -0.2) is 17.7 Å². The quantitative estimate of drug-likeness (QED) is 0.902. The van der Waals surface area contributed by atoms with Gasteiger partial charge in [0.05, 0.1) is 12.2 Å². The van der Waals surface area contributed by atoms with Crippen LogP contribution in [0.25, 0.3) is 0 Å². The Balaban J connectivity index is 1.99. The molecule has 0 aromatic heterocycles. The number of benzene rings is 1. The summed E-state index contributed by atoms with van der Waals surface area (Å²) in [5, 5.41) is 18.0. The molecule has 0 fully saturated rings. The van der Waals surface area contributed by atoms with Crippen LogP contribution in [-0.2, 0) is 17.6 Å². The standard InChI is InChI=1S/C15H15NO3/c16-8-11-7-10-2-1-9(3-4-13(17)18)14(10)12-5-6-19-15(11)12/h7,9H,1-6H2,(H,17,18)/t9-/m0/s1. The van der Waals surface area contributed by atoms with E-state index in [1.54, 1.807) is 0 Å². The number of rotatable bonds is 3. The Kier molecular flexibility index (Phi) is 2.90. The fraction of sp³-hybridized carbons (Fsp3) is 0.467. The SMILES string of the molecule is N#Cc1cc2c(c3c1OCC3)[C@H](CCC(=O)O)CC2. The molecule has 19 heavy (non-hydrogen) atoms. The Hall–Kier alpha value is -2.02. The van der Waals surface area contributed by atoms with E-state index in [0.29, 0.717) is 24.5 Å². The van der Waals surface area contributed by atoms with Gasteiger partial charge >= 0.3 is 5.97 Å². The number of carboxylic acid groups (broad SMARTS) is 1. The number of nitriles is 1. The number of aliphatic carboxylic acids is 1. The van der Waals surface area contributed by atoms with Gasteiger partial charge < -0.3 is 9.84 Å². The lowest BCUT2D eigenvalue weighted by Crippen LogP contribution is -2.03. The molecule has 0 amide bonds. The molecule has 4 nitrogen and oxygen atoms in total. The van der Waals surface area contributed by atoms with Crippen LogP contribution in [0, 0.1) is 11.3 Å². The Morgan fingerprint density at radius 1 is 1.53 bits per heavy atom. The zero-order valence-electron chi connectivity index (χ0n) is 10.6. The molecule has 1 atom stereocenters. The number of nitrogens with zero attached hydrogens (tertiary/aromatic N) is 1. The second-order valence-corrected chi connectivity index (χ2v) is 5.18. The van der Waals surface area contributed by atoms with Crippen LogP contribution in [0.2, 0.25) is 0 Å². The lowest BCUT2D eigenvalue weighted by molar-refractivity contribution is -0.137. The second kappa shape index (κ2) is 4.58. The van der Waals surface area contributed by atoms with Gasteiger partial charge in [-0.1, -0.05) is 0 Å². The second-order valence-electron chi connectivity index (χ2n) is 5.18. The predicted octanol–water partition coefficient (Wildman–Crippen LogP) is 2.39. The molecule has 0 saturated heterocycles. The van der Waals surface area contributed by atoms with E-state index in [2.05, 4.69) is 6.07 Å². The first-order valence-electron chi connectivity index (χ1n) is 6.64. The summed E-state index contributed by atoms with van der Waals surface area (Å²) in [6.07, 6.45) is 3.67. The van der Waals surface area contributed by atoms with Gasteiger partial charge in [0, 0.05) is 18.4 Å². The fourth-order valence-corrected chi connectivity index (χ4v) is 3.32. The predicted molar refractivity (Wildman–Crippen MR) is 68.3 cm³/mol. The number of hydrogen-bond donors (Lipinski definition) is 1. The molecule has 1 aromatic rings. The Bertz CT molecular complexity index is 586. The first kappa shape index (κ1) is 12.0. The largest absolute Gasteiger partial charge is 0.492 e. The summed E-state index contributed by atoms with van der Waals surface area (Å²) in [7, 11) is 0. The van der Waals surface area contributed by atoms with Crippen molar-refractivity contribution in [3.05, 3.63) is 28.3 Å². The highest BCUT2D eigenvalue weighted by molar-refractivity contribution is 5.67. The lowest BCUT2D eigenvalue weighted by Gasteiger charge is -2.14. The van der Waals surface area contributed by atoms with Gasteiger partial charge in [-0.05, 0) is 42.4 Å². The molecule has 2 aliphatic rings. The molecule has 1 heterocycles. The van der Waals surface area contributed by atoms with Gasteiger partial charge in [-0.25, -0.2) is 0 Å². The Labute approximate surface area is 111 Å². The normalized spacial score (nSPS) is 19.4. The highest BCUT2D eigenvalue weighted by Crippen LogP contribution is 2.45. The molecule has 1 aliphatic heterocycles. The highest BCUT2D eigenvalue weighted by Gasteiger charge is 2.31. The summed E-state index contributed by atoms with van der Waals surface area (Å²) in [6, 6.07) is 4.13. The van der Waals surface area contributed by atoms with Gasteiger partial charge in [-0.3, -0.25) is 4.79 Å². The van der Waals surface area contributed by atoms with Crippen molar-refractivity contribution in [3.8, 4) is 11.8 Å². The van der Waals surface area contributed by atoms with Gasteiger partial charge in [0.2, 0.25) is 0 Å². The van der Waals surface area contributed by atoms with Crippen molar-refractivity contribution in [1.29, 1.82) is 5.26 Å². The minimum atomic E-state index is -0.741. The molecule has 0 radical (unpaired) electrons. The molecule has 98 valence electrons. The third-order valence-electron chi connectivity index (χ3n) is 4.10. The van der Waals surface area contributed by atoms with Gasteiger partial charge in [0.15, 0.2) is 0 Å². The van der Waals surface area contributed by atoms with Crippen molar-refractivity contribution in [2.45, 2.75) is 38.0 Å². The average Bonchev–Trinajstić information content (AvgIpc) is 3.01. The van der Waals surface area contributed by atoms with E-state index < -0.39 is 5.97 Å². The van der Waals surface area contributed by atoms with E-state index in [4.69, 9.17) is 15.1 Å². The zero-order valence-corrected chi connectivity index (χ0v) is 10.6. The van der Waals surface area contributed by atoms with Crippen LogP contribution in [0.1, 0.15) is 47.4 Å². The number of carbonyl (C=O) groups is 1. The van der Waals surface area contributed by atoms with E-state index >= 15 is 0 Å². The number of aryl methyl sites for hydroxylation is 1. The third-order valence-corrected chi connectivity index (χ3v) is 4.10. The van der Waals surface area contributed by atoms with Crippen LogP contribution < -0.4 is 4.74 Å². The van der Waals surface area contributed by atoms with Crippen LogP contribution in [0.5, 0.6) is 5.75 Å². The first-order chi connectivity index (χ1) is 9.20. The molecule has 0 spiro atoms. The minimum absolute atomic E-state index is 0.208. The molecule has 4 heteroatoms. The van der Waals surface area contributed by atoms with Gasteiger partial charge in [0.25, 0.3) is 0 Å². The van der Waals surface area contributed by atoms with Crippen molar-refractivity contribution in [2.24, 2.45) is 0 Å². The Morgan fingerprint density at radius 3 is 3.11 bits per heavy atom. The number of hydrogen-bond acceptors (Lipinski definition) is 3. The van der Waals surface area contributed by atoms with Gasteiger partial charge in [-0.15, -0.1) is 0 Å². The third kappa shape index (κ3) is 1.95. The Morgan fingerprint density at radius 2 is 2.37 bits per heavy atom. The number of ether oxygens (including phenoxy) is 1. The van der Waals surface area contributed by atoms with E-state index in [0.717, 1.165) is 30.6 Å². The zero-order chi connectivity index (χ0) is 13.4. The number of carboxylic acids is 1. The van der Waals surface area contributed by atoms with Crippen molar-refractivity contribution in [1.82, 2.24) is 0 Å². The molecular formula is C15H15NO3. The maximum atomic E-state index is 10.7. The molecule has 1 aromatic carbocycles. The average molecular weight is 257 g/mol. The summed E-state index contributed by atoms with van der Waals surface area (Å²) < 4.78 is 5.58. The van der Waals surface area contributed by atoms with Crippen LogP contribution in [0.15, 0.2) is 6.07 Å². The summed E-state index contributed by atoms with van der Waals surface area (Å²) in [5.74, 6) is 0.313. The van der Waals surface area contributed by atoms with E-state index in [1.807, 2.05) is 6.07 Å². The summed E-state index contributed by atoms with van der Waals surface area (Å²) >= 11 is 0. The maximum Gasteiger partial charge on any atom is 0.303 e. The number of fused-ring (bicyclic) bond motifs is 3. The fourth-order valence-electron chi connectivity index (χ4n) is 3.32. The lowest BCUT2D eigenvalue weighted by atomic mass is 9.89. The van der Waals surface area contributed by atoms with Crippen LogP contribution >= 0.6 is 0 Å². The monoisotopic (exact) mass is 257 g/mol. The summed E-state index contributed by atoms with van der Waals surface area (Å²) in [6.45, 7) is 0.631. The van der Waals surface area contributed by atoms with Gasteiger partial charge in [0.1, 0.15) is 11.8 Å². The topological polar surface area (TPSA) is 70.3 Å². The minimum Gasteiger partial charge on any atom is -0.492 e. The molecular weight excluding hydrogens is 242 g/mol. The van der Waals surface area contributed by atoms with Gasteiger partial charge in [-0.2, -0.15) is 5.26 Å². The van der Waals surface area contributed by atoms with Crippen molar-refractivity contribution >= 4 is 5.97 Å². The highest BCUT2D eigenvalue weighted by atomic mass is 16.5. The molecule has 1 N–H and O–H groups in total. The van der Waals surface area contributed by atoms with E-state index in [-0.39, 0.29) is 6.42 Å². The maximum absolute atomic E-state index is 10.7. The molecule has 0 unspecified atom stereocenters. The van der Waals surface area contributed by atoms with Crippen LogP contribution in [0.4, 0.5) is 0 Å². The van der Waals surface area contributed by atoms with Crippen molar-refractivity contribution < 1.29 is 14.6 Å². The van der Waals surface area contributed by atoms with E-state index in [1.165, 1.54) is 11.1 Å². The van der Waals surface area contributed by atoms with Crippen molar-refractivity contribution in [3.63, 3.8) is 0 Å². The summed E-state index contributed by atoms with van der Waals surface area (Å²) in [4.78, 5) is 10.7. The smallest absolute Gasteiger partial charge is 0.303 e. The first-order valence-corrected chi connectivity index (χ1v) is 6.64. The molecule has 1 aliphatic carbocycles.